The van der Waals surface area contributed by atoms with E-state index in [1.807, 2.05) is 34.6 Å². The number of urea groups is 1. The van der Waals surface area contributed by atoms with Crippen LogP contribution in [0.15, 0.2) is 12.7 Å². The molecule has 5 amide bonds. The molecule has 1 aliphatic heterocycles. The van der Waals surface area contributed by atoms with Crippen molar-refractivity contribution in [1.82, 2.24) is 26.2 Å². The van der Waals surface area contributed by atoms with Crippen molar-refractivity contribution in [3.63, 3.8) is 0 Å². The summed E-state index contributed by atoms with van der Waals surface area (Å²) in [6, 6.07) is -3.60. The van der Waals surface area contributed by atoms with Gasteiger partial charge < -0.3 is 26.2 Å². The molecule has 284 valence electrons. The molecule has 0 aromatic carbocycles. The van der Waals surface area contributed by atoms with E-state index in [2.05, 4.69) is 27.8 Å². The highest BCUT2D eigenvalue weighted by Crippen LogP contribution is 2.36. The molecular weight excluding hydrogens is 659 g/mol. The Morgan fingerprint density at radius 2 is 1.58 bits per heavy atom. The molecule has 1 saturated heterocycles. The third-order valence-electron chi connectivity index (χ3n) is 10.7. The minimum absolute atomic E-state index is 0.00577. The first-order valence-corrected chi connectivity index (χ1v) is 20.1. The highest BCUT2D eigenvalue weighted by Gasteiger charge is 2.47. The summed E-state index contributed by atoms with van der Waals surface area (Å²) in [5.41, 5.74) is -1.73. The Bertz CT molecular complexity index is 1370. The fourth-order valence-corrected chi connectivity index (χ4v) is 8.46. The molecule has 2 aliphatic carbocycles. The van der Waals surface area contributed by atoms with Crippen molar-refractivity contribution >= 4 is 39.4 Å². The zero-order chi connectivity index (χ0) is 37.7. The maximum absolute atomic E-state index is 14.5. The van der Waals surface area contributed by atoms with Gasteiger partial charge in [0, 0.05) is 13.1 Å². The molecule has 12 nitrogen and oxygen atoms in total. The second-order valence-corrected chi connectivity index (χ2v) is 20.0. The molecule has 0 unspecified atom stereocenters. The van der Waals surface area contributed by atoms with Crippen LogP contribution in [0, 0.1) is 23.2 Å². The summed E-state index contributed by atoms with van der Waals surface area (Å²) < 4.78 is 25.6. The minimum atomic E-state index is -3.57. The van der Waals surface area contributed by atoms with Crippen LogP contribution >= 0.6 is 0 Å². The van der Waals surface area contributed by atoms with Gasteiger partial charge in [-0.2, -0.15) is 0 Å². The van der Waals surface area contributed by atoms with Crippen molar-refractivity contribution in [2.75, 3.05) is 18.8 Å². The van der Waals surface area contributed by atoms with Crippen LogP contribution < -0.4 is 21.3 Å². The van der Waals surface area contributed by atoms with E-state index in [1.165, 1.54) is 11.0 Å². The number of Topliss-reactive ketones (excluding diaryl/α,β-unsaturated/α-hetero) is 1. The molecule has 0 aromatic heterocycles. The van der Waals surface area contributed by atoms with Crippen LogP contribution in [0.1, 0.15) is 120 Å². The molecule has 3 fully saturated rings. The lowest BCUT2D eigenvalue weighted by molar-refractivity contribution is -0.143. The maximum atomic E-state index is 14.5. The number of nitrogens with one attached hydrogen (secondary N) is 4. The molecule has 0 radical (unpaired) electrons. The lowest BCUT2D eigenvalue weighted by Gasteiger charge is -2.41. The average molecular weight is 722 g/mol. The Morgan fingerprint density at radius 3 is 2.10 bits per heavy atom. The van der Waals surface area contributed by atoms with Crippen molar-refractivity contribution in [2.45, 2.75) is 148 Å². The predicted octanol–water partition coefficient (Wildman–Crippen LogP) is 4.04. The van der Waals surface area contributed by atoms with E-state index >= 15 is 0 Å². The highest BCUT2D eigenvalue weighted by atomic mass is 32.2. The normalized spacial score (nSPS) is 22.3. The van der Waals surface area contributed by atoms with E-state index in [4.69, 9.17) is 0 Å². The van der Waals surface area contributed by atoms with Gasteiger partial charge >= 0.3 is 6.03 Å². The number of amides is 5. The molecule has 0 bridgehead atoms. The van der Waals surface area contributed by atoms with Crippen LogP contribution in [0.5, 0.6) is 0 Å². The second-order valence-electron chi connectivity index (χ2n) is 17.3. The summed E-state index contributed by atoms with van der Waals surface area (Å²) in [6.07, 6.45) is 8.53. The van der Waals surface area contributed by atoms with Crippen molar-refractivity contribution < 1.29 is 32.4 Å². The quantitative estimate of drug-likeness (QED) is 0.146. The van der Waals surface area contributed by atoms with E-state index < -0.39 is 73.2 Å². The monoisotopic (exact) mass is 721 g/mol. The Hall–Kier alpha value is -2.96. The fourth-order valence-electron chi connectivity index (χ4n) is 6.94. The third kappa shape index (κ3) is 11.0. The van der Waals surface area contributed by atoms with Crippen molar-refractivity contribution in [2.24, 2.45) is 23.2 Å². The summed E-state index contributed by atoms with van der Waals surface area (Å²) in [7, 11) is -3.57. The zero-order valence-corrected chi connectivity index (χ0v) is 32.5. The van der Waals surface area contributed by atoms with Gasteiger partial charge in [0.25, 0.3) is 5.91 Å². The highest BCUT2D eigenvalue weighted by molar-refractivity contribution is 7.92. The molecule has 50 heavy (non-hydrogen) atoms. The number of hydrogen-bond donors (Lipinski definition) is 4. The smallest absolute Gasteiger partial charge is 0.315 e. The van der Waals surface area contributed by atoms with Gasteiger partial charge in [-0.3, -0.25) is 19.2 Å². The summed E-state index contributed by atoms with van der Waals surface area (Å²) in [4.78, 5) is 69.5. The van der Waals surface area contributed by atoms with Crippen LogP contribution in [0.25, 0.3) is 0 Å². The SMILES string of the molecule is C=CCNC(=O)C(=O)[C@H](CCC1CC1)NC(=O)[C@@H]1C[C@@H](C(C)C)CN1C(=O)[C@@H](NC(=O)NC1(CS(=O)(=O)C(C)(C)C)CCCCC1)C(C)(C)C. The largest absolute Gasteiger partial charge is 0.346 e. The van der Waals surface area contributed by atoms with E-state index in [9.17, 15) is 32.4 Å². The van der Waals surface area contributed by atoms with Crippen LogP contribution in [0.2, 0.25) is 0 Å². The van der Waals surface area contributed by atoms with Crippen molar-refractivity contribution in [1.29, 1.82) is 0 Å². The summed E-state index contributed by atoms with van der Waals surface area (Å²) in [5, 5.41) is 11.2. The molecule has 4 atom stereocenters. The van der Waals surface area contributed by atoms with E-state index in [-0.39, 0.29) is 24.1 Å². The van der Waals surface area contributed by atoms with Crippen LogP contribution in [-0.4, -0.2) is 90.1 Å². The number of rotatable bonds is 15. The van der Waals surface area contributed by atoms with Gasteiger partial charge in [-0.25, -0.2) is 13.2 Å². The number of carbonyl (C=O) groups is 5. The number of likely N-dealkylation sites (tertiary alicyclic amines) is 1. The first kappa shape index (κ1) is 41.5. The number of hydrogen-bond acceptors (Lipinski definition) is 7. The van der Waals surface area contributed by atoms with Crippen LogP contribution in [0.3, 0.4) is 0 Å². The topological polar surface area (TPSA) is 171 Å². The Morgan fingerprint density at radius 1 is 0.960 bits per heavy atom. The molecule has 2 saturated carbocycles. The molecule has 4 N–H and O–H groups in total. The molecule has 1 heterocycles. The van der Waals surface area contributed by atoms with Gasteiger partial charge in [0.2, 0.25) is 17.6 Å². The van der Waals surface area contributed by atoms with Gasteiger partial charge in [-0.1, -0.05) is 72.8 Å². The van der Waals surface area contributed by atoms with Gasteiger partial charge in [-0.15, -0.1) is 6.58 Å². The molecule has 0 aromatic rings. The van der Waals surface area contributed by atoms with Gasteiger partial charge in [0.15, 0.2) is 9.84 Å². The molecule has 3 aliphatic rings. The standard InChI is InChI=1S/C37H63N5O7S/c1-10-20-38-32(45)29(43)27(17-16-25-14-15-25)39-31(44)28-21-26(24(2)3)22-42(28)33(46)30(35(4,5)6)40-34(47)41-37(18-12-11-13-19-37)23-50(48,49)36(7,8)9/h10,24-28,30H,1,11-23H2,2-9H3,(H,38,45)(H,39,44)(H2,40,41,47)/t26-,27+,28+,30-/m1/s1. The lowest BCUT2D eigenvalue weighted by Crippen LogP contribution is -2.63. The van der Waals surface area contributed by atoms with Crippen LogP contribution in [-0.2, 0) is 29.0 Å². The Balaban J connectivity index is 1.85. The number of sulfone groups is 1. The number of carbonyl (C=O) groups excluding carboxylic acids is 5. The summed E-state index contributed by atoms with van der Waals surface area (Å²) in [6.45, 7) is 18.5. The number of ketones is 1. The first-order chi connectivity index (χ1) is 23.1. The van der Waals surface area contributed by atoms with Gasteiger partial charge in [0.05, 0.1) is 22.1 Å². The summed E-state index contributed by atoms with van der Waals surface area (Å²) >= 11 is 0. The van der Waals surface area contributed by atoms with Crippen molar-refractivity contribution in [3.8, 4) is 0 Å². The Kier molecular flexibility index (Phi) is 13.8. The van der Waals surface area contributed by atoms with E-state index in [0.29, 0.717) is 44.6 Å². The third-order valence-corrected chi connectivity index (χ3v) is 13.5. The van der Waals surface area contributed by atoms with Crippen LogP contribution in [0.4, 0.5) is 4.79 Å². The average Bonchev–Trinajstić information content (AvgIpc) is 3.73. The van der Waals surface area contributed by atoms with E-state index in [1.54, 1.807) is 20.8 Å². The minimum Gasteiger partial charge on any atom is -0.346 e. The zero-order valence-electron chi connectivity index (χ0n) is 31.7. The number of nitrogens with zero attached hydrogens (tertiary/aromatic N) is 1. The molecule has 13 heteroatoms. The van der Waals surface area contributed by atoms with Crippen molar-refractivity contribution in [3.05, 3.63) is 12.7 Å². The van der Waals surface area contributed by atoms with E-state index in [0.717, 1.165) is 32.1 Å². The van der Waals surface area contributed by atoms with Gasteiger partial charge in [0.1, 0.15) is 12.1 Å². The predicted molar refractivity (Wildman–Crippen MR) is 195 cm³/mol. The Labute approximate surface area is 300 Å². The molecular formula is C37H63N5O7S. The molecule has 3 rings (SSSR count). The second kappa shape index (κ2) is 16.6. The fraction of sp³-hybridized carbons (Fsp3) is 0.811. The summed E-state index contributed by atoms with van der Waals surface area (Å²) in [5.74, 6) is -2.03. The lowest BCUT2D eigenvalue weighted by atomic mass is 9.83. The first-order valence-electron chi connectivity index (χ1n) is 18.5. The maximum Gasteiger partial charge on any atom is 0.315 e. The molecule has 0 spiro atoms. The van der Waals surface area contributed by atoms with Gasteiger partial charge in [-0.05, 0) is 76.0 Å².